The number of halogens is 1. The van der Waals surface area contributed by atoms with Crippen molar-refractivity contribution in [2.75, 3.05) is 0 Å². The van der Waals surface area contributed by atoms with E-state index in [1.807, 2.05) is 24.3 Å². The van der Waals surface area contributed by atoms with Crippen LogP contribution in [-0.2, 0) is 0 Å². The Morgan fingerprint density at radius 1 is 1.00 bits per heavy atom. The molecule has 0 saturated carbocycles. The Kier molecular flexibility index (Phi) is 4.48. The highest BCUT2D eigenvalue weighted by Gasteiger charge is 2.07. The summed E-state index contributed by atoms with van der Waals surface area (Å²) in [6, 6.07) is 15.1. The number of nitrogens with zero attached hydrogens (tertiary/aromatic N) is 1. The van der Waals surface area contributed by atoms with E-state index in [4.69, 9.17) is 0 Å². The van der Waals surface area contributed by atoms with E-state index in [0.29, 0.717) is 10.0 Å². The van der Waals surface area contributed by atoms with E-state index >= 15 is 0 Å². The molecule has 3 aromatic carbocycles. The third kappa shape index (κ3) is 3.23. The predicted molar refractivity (Wildman–Crippen MR) is 96.5 cm³/mol. The molecular formula is C18H13BrN2O3. The molecule has 0 bridgehead atoms. The van der Waals surface area contributed by atoms with E-state index in [-0.39, 0.29) is 11.5 Å². The number of carbonyl (C=O) groups excluding carboxylic acids is 1. The van der Waals surface area contributed by atoms with Crippen molar-refractivity contribution >= 4 is 38.8 Å². The lowest BCUT2D eigenvalue weighted by atomic mass is 10.0. The minimum Gasteiger partial charge on any atom is -0.507 e. The van der Waals surface area contributed by atoms with Crippen LogP contribution in [0.2, 0.25) is 0 Å². The standard InChI is InChI=1S/C18H13BrN2O3/c19-15-9-11(5-8-17(15)23)18(24)21-20-10-12-6-7-16(22)14-4-2-1-3-13(12)14/h1-10,22-23H,(H,21,24)/b20-10+. The third-order valence-electron chi connectivity index (χ3n) is 3.51. The van der Waals surface area contributed by atoms with Crippen molar-refractivity contribution in [3.05, 3.63) is 70.2 Å². The molecule has 0 aliphatic heterocycles. The van der Waals surface area contributed by atoms with E-state index in [0.717, 1.165) is 16.3 Å². The molecule has 0 aliphatic carbocycles. The normalized spacial score (nSPS) is 11.0. The van der Waals surface area contributed by atoms with Crippen molar-refractivity contribution in [3.63, 3.8) is 0 Å². The average molecular weight is 385 g/mol. The van der Waals surface area contributed by atoms with Crippen LogP contribution in [0.4, 0.5) is 0 Å². The van der Waals surface area contributed by atoms with Crippen molar-refractivity contribution in [2.45, 2.75) is 0 Å². The van der Waals surface area contributed by atoms with Gasteiger partial charge >= 0.3 is 0 Å². The van der Waals surface area contributed by atoms with Gasteiger partial charge in [-0.25, -0.2) is 5.43 Å². The number of hydrogen-bond acceptors (Lipinski definition) is 4. The third-order valence-corrected chi connectivity index (χ3v) is 4.15. The predicted octanol–water partition coefficient (Wildman–Crippen LogP) is 3.78. The Bertz CT molecular complexity index is 954. The van der Waals surface area contributed by atoms with Gasteiger partial charge in [0, 0.05) is 16.5 Å². The second-order valence-electron chi connectivity index (χ2n) is 5.08. The lowest BCUT2D eigenvalue weighted by Crippen LogP contribution is -2.17. The SMILES string of the molecule is O=C(N/N=C/c1ccc(O)c2ccccc12)c1ccc(O)c(Br)c1. The maximum atomic E-state index is 12.0. The van der Waals surface area contributed by atoms with Gasteiger partial charge in [0.2, 0.25) is 0 Å². The fraction of sp³-hybridized carbons (Fsp3) is 0. The minimum absolute atomic E-state index is 0.0608. The molecule has 0 spiro atoms. The number of carbonyl (C=O) groups is 1. The highest BCUT2D eigenvalue weighted by Crippen LogP contribution is 2.26. The molecule has 0 radical (unpaired) electrons. The van der Waals surface area contributed by atoms with Gasteiger partial charge in [-0.15, -0.1) is 0 Å². The second-order valence-corrected chi connectivity index (χ2v) is 5.94. The zero-order valence-corrected chi connectivity index (χ0v) is 14.0. The van der Waals surface area contributed by atoms with Gasteiger partial charge in [0.1, 0.15) is 11.5 Å². The van der Waals surface area contributed by atoms with Gasteiger partial charge in [-0.2, -0.15) is 5.10 Å². The number of aromatic hydroxyl groups is 2. The molecule has 0 heterocycles. The first-order valence-electron chi connectivity index (χ1n) is 7.09. The molecule has 6 heteroatoms. The number of hydrogen-bond donors (Lipinski definition) is 3. The van der Waals surface area contributed by atoms with Gasteiger partial charge in [-0.1, -0.05) is 24.3 Å². The molecule has 3 N–H and O–H groups in total. The highest BCUT2D eigenvalue weighted by atomic mass is 79.9. The molecule has 0 unspecified atom stereocenters. The maximum Gasteiger partial charge on any atom is 0.271 e. The number of hydrazone groups is 1. The smallest absolute Gasteiger partial charge is 0.271 e. The van der Waals surface area contributed by atoms with E-state index in [1.54, 1.807) is 12.1 Å². The molecule has 0 fully saturated rings. The van der Waals surface area contributed by atoms with Crippen LogP contribution >= 0.6 is 15.9 Å². The van der Waals surface area contributed by atoms with Crippen molar-refractivity contribution in [1.29, 1.82) is 0 Å². The topological polar surface area (TPSA) is 81.9 Å². The van der Waals surface area contributed by atoms with Crippen molar-refractivity contribution in [1.82, 2.24) is 5.43 Å². The van der Waals surface area contributed by atoms with Crippen LogP contribution in [0.25, 0.3) is 10.8 Å². The molecule has 0 aromatic heterocycles. The molecule has 3 aromatic rings. The van der Waals surface area contributed by atoms with Crippen molar-refractivity contribution < 1.29 is 15.0 Å². The Hall–Kier alpha value is -2.86. The van der Waals surface area contributed by atoms with Crippen molar-refractivity contribution in [3.8, 4) is 11.5 Å². The number of fused-ring (bicyclic) bond motifs is 1. The van der Waals surface area contributed by atoms with Gasteiger partial charge in [0.25, 0.3) is 5.91 Å². The van der Waals surface area contributed by atoms with E-state index in [1.165, 1.54) is 24.4 Å². The Morgan fingerprint density at radius 2 is 1.71 bits per heavy atom. The monoisotopic (exact) mass is 384 g/mol. The molecular weight excluding hydrogens is 372 g/mol. The van der Waals surface area contributed by atoms with E-state index < -0.39 is 5.91 Å². The second kappa shape index (κ2) is 6.72. The molecule has 24 heavy (non-hydrogen) atoms. The Balaban J connectivity index is 1.80. The number of nitrogens with one attached hydrogen (secondary N) is 1. The van der Waals surface area contributed by atoms with Crippen LogP contribution in [0.15, 0.2) is 64.2 Å². The number of benzene rings is 3. The summed E-state index contributed by atoms with van der Waals surface area (Å²) in [4.78, 5) is 12.0. The quantitative estimate of drug-likeness (QED) is 0.474. The summed E-state index contributed by atoms with van der Waals surface area (Å²) in [5, 5.41) is 24.8. The average Bonchev–Trinajstić information content (AvgIpc) is 2.59. The van der Waals surface area contributed by atoms with E-state index in [9.17, 15) is 15.0 Å². The zero-order chi connectivity index (χ0) is 17.1. The number of amides is 1. The summed E-state index contributed by atoms with van der Waals surface area (Å²) in [5.74, 6) is -0.138. The number of phenols is 2. The molecule has 120 valence electrons. The molecule has 5 nitrogen and oxygen atoms in total. The minimum atomic E-state index is -0.393. The Labute approximate surface area is 146 Å². The molecule has 0 atom stereocenters. The summed E-state index contributed by atoms with van der Waals surface area (Å²) in [6.07, 6.45) is 1.52. The largest absolute Gasteiger partial charge is 0.507 e. The first-order chi connectivity index (χ1) is 11.6. The maximum absolute atomic E-state index is 12.0. The van der Waals surface area contributed by atoms with Crippen LogP contribution in [0.1, 0.15) is 15.9 Å². The van der Waals surface area contributed by atoms with Crippen LogP contribution in [0, 0.1) is 0 Å². The van der Waals surface area contributed by atoms with Crippen LogP contribution < -0.4 is 5.43 Å². The molecule has 3 rings (SSSR count). The summed E-state index contributed by atoms with van der Waals surface area (Å²) in [7, 11) is 0. The van der Waals surface area contributed by atoms with Gasteiger partial charge in [-0.05, 0) is 51.6 Å². The molecule has 0 aliphatic rings. The first-order valence-corrected chi connectivity index (χ1v) is 7.88. The number of phenolic OH excluding ortho intramolecular Hbond substituents is 2. The van der Waals surface area contributed by atoms with Crippen LogP contribution in [0.3, 0.4) is 0 Å². The molecule has 1 amide bonds. The fourth-order valence-electron chi connectivity index (χ4n) is 2.29. The van der Waals surface area contributed by atoms with Gasteiger partial charge < -0.3 is 10.2 Å². The van der Waals surface area contributed by atoms with Gasteiger partial charge in [-0.3, -0.25) is 4.79 Å². The number of rotatable bonds is 3. The summed E-state index contributed by atoms with van der Waals surface area (Å²) in [6.45, 7) is 0. The summed E-state index contributed by atoms with van der Waals surface area (Å²) in [5.41, 5.74) is 3.58. The lowest BCUT2D eigenvalue weighted by molar-refractivity contribution is 0.0955. The fourth-order valence-corrected chi connectivity index (χ4v) is 2.67. The van der Waals surface area contributed by atoms with Crippen molar-refractivity contribution in [2.24, 2.45) is 5.10 Å². The Morgan fingerprint density at radius 3 is 2.46 bits per heavy atom. The lowest BCUT2D eigenvalue weighted by Gasteiger charge is -2.05. The van der Waals surface area contributed by atoms with Gasteiger partial charge in [0.05, 0.1) is 10.7 Å². The van der Waals surface area contributed by atoms with E-state index in [2.05, 4.69) is 26.5 Å². The van der Waals surface area contributed by atoms with Crippen LogP contribution in [0.5, 0.6) is 11.5 Å². The zero-order valence-electron chi connectivity index (χ0n) is 12.4. The molecule has 0 saturated heterocycles. The van der Waals surface area contributed by atoms with Crippen LogP contribution in [-0.4, -0.2) is 22.3 Å². The van der Waals surface area contributed by atoms with Gasteiger partial charge in [0.15, 0.2) is 0 Å². The summed E-state index contributed by atoms with van der Waals surface area (Å²) < 4.78 is 0.434. The first kappa shape index (κ1) is 16.0. The highest BCUT2D eigenvalue weighted by molar-refractivity contribution is 9.10. The summed E-state index contributed by atoms with van der Waals surface area (Å²) >= 11 is 3.16.